The first-order chi connectivity index (χ1) is 8.59. The number of aromatic nitrogens is 1. The average molecular weight is 246 g/mol. The minimum atomic E-state index is -0.564. The van der Waals surface area contributed by atoms with Gasteiger partial charge in [-0.1, -0.05) is 6.07 Å². The largest absolute Gasteiger partial charge is 0.367 e. The number of rotatable bonds is 2. The van der Waals surface area contributed by atoms with Gasteiger partial charge in [0.05, 0.1) is 0 Å². The molecule has 92 valence electrons. The molecule has 0 aliphatic carbocycles. The molecule has 2 aromatic rings. The standard InChI is InChI=1S/C13H11FN2O2/c1-8-10(14)3-2-4-11(8)16-13(18)9-7-15-6-5-12(9)17/h2-7H,1H3,(H,15,17)(H,16,18). The van der Waals surface area contributed by atoms with E-state index in [1.807, 2.05) is 0 Å². The van der Waals surface area contributed by atoms with Gasteiger partial charge in [-0.2, -0.15) is 0 Å². The molecule has 0 bridgehead atoms. The Morgan fingerprint density at radius 2 is 2.11 bits per heavy atom. The number of hydrogen-bond donors (Lipinski definition) is 2. The van der Waals surface area contributed by atoms with Crippen molar-refractivity contribution in [1.82, 2.24) is 4.98 Å². The van der Waals surface area contributed by atoms with Crippen molar-refractivity contribution in [3.8, 4) is 0 Å². The fourth-order valence-corrected chi connectivity index (χ4v) is 1.53. The Morgan fingerprint density at radius 1 is 1.33 bits per heavy atom. The predicted octanol–water partition coefficient (Wildman–Crippen LogP) is 2.07. The summed E-state index contributed by atoms with van der Waals surface area (Å²) in [5.74, 6) is -0.972. The summed E-state index contributed by atoms with van der Waals surface area (Å²) in [6.45, 7) is 1.56. The number of halogens is 1. The monoisotopic (exact) mass is 246 g/mol. The van der Waals surface area contributed by atoms with Crippen molar-refractivity contribution < 1.29 is 9.18 Å². The molecule has 4 nitrogen and oxygen atoms in total. The second-order valence-electron chi connectivity index (χ2n) is 3.79. The van der Waals surface area contributed by atoms with E-state index < -0.39 is 11.7 Å². The van der Waals surface area contributed by atoms with Gasteiger partial charge < -0.3 is 10.3 Å². The maximum absolute atomic E-state index is 13.3. The lowest BCUT2D eigenvalue weighted by molar-refractivity contribution is 0.102. The molecule has 0 unspecified atom stereocenters. The molecule has 1 aromatic carbocycles. The number of pyridine rings is 1. The van der Waals surface area contributed by atoms with Crippen LogP contribution in [0.25, 0.3) is 0 Å². The van der Waals surface area contributed by atoms with Gasteiger partial charge in [0.2, 0.25) is 0 Å². The van der Waals surface area contributed by atoms with Crippen LogP contribution in [0.4, 0.5) is 10.1 Å². The van der Waals surface area contributed by atoms with Crippen LogP contribution in [0.15, 0.2) is 41.5 Å². The maximum Gasteiger partial charge on any atom is 0.261 e. The maximum atomic E-state index is 13.3. The van der Waals surface area contributed by atoms with E-state index in [2.05, 4.69) is 10.3 Å². The van der Waals surface area contributed by atoms with Crippen molar-refractivity contribution in [1.29, 1.82) is 0 Å². The molecule has 2 rings (SSSR count). The lowest BCUT2D eigenvalue weighted by atomic mass is 10.1. The van der Waals surface area contributed by atoms with Crippen molar-refractivity contribution in [2.75, 3.05) is 5.32 Å². The summed E-state index contributed by atoms with van der Waals surface area (Å²) in [6.07, 6.45) is 2.75. The third-order valence-electron chi connectivity index (χ3n) is 2.58. The first-order valence-corrected chi connectivity index (χ1v) is 5.33. The Labute approximate surface area is 102 Å². The first-order valence-electron chi connectivity index (χ1n) is 5.33. The molecule has 0 aliphatic heterocycles. The van der Waals surface area contributed by atoms with E-state index in [1.54, 1.807) is 13.0 Å². The van der Waals surface area contributed by atoms with Gasteiger partial charge in [-0.3, -0.25) is 9.59 Å². The van der Waals surface area contributed by atoms with Crippen LogP contribution in [-0.4, -0.2) is 10.9 Å². The number of nitrogens with one attached hydrogen (secondary N) is 2. The van der Waals surface area contributed by atoms with Gasteiger partial charge in [-0.25, -0.2) is 4.39 Å². The molecule has 1 heterocycles. The normalized spacial score (nSPS) is 10.1. The van der Waals surface area contributed by atoms with Gasteiger partial charge in [0.1, 0.15) is 11.4 Å². The van der Waals surface area contributed by atoms with Crippen LogP contribution in [0.2, 0.25) is 0 Å². The van der Waals surface area contributed by atoms with E-state index in [-0.39, 0.29) is 11.0 Å². The number of carbonyl (C=O) groups is 1. The second kappa shape index (κ2) is 4.83. The van der Waals surface area contributed by atoms with Gasteiger partial charge in [-0.05, 0) is 19.1 Å². The second-order valence-corrected chi connectivity index (χ2v) is 3.79. The zero-order chi connectivity index (χ0) is 13.1. The van der Waals surface area contributed by atoms with Crippen molar-refractivity contribution >= 4 is 11.6 Å². The van der Waals surface area contributed by atoms with Crippen LogP contribution in [0.5, 0.6) is 0 Å². The summed E-state index contributed by atoms with van der Waals surface area (Å²) >= 11 is 0. The quantitative estimate of drug-likeness (QED) is 0.852. The number of hydrogen-bond acceptors (Lipinski definition) is 2. The SMILES string of the molecule is Cc1c(F)cccc1NC(=O)c1c[nH]ccc1=O. The third-order valence-corrected chi connectivity index (χ3v) is 2.58. The van der Waals surface area contributed by atoms with Crippen molar-refractivity contribution in [2.24, 2.45) is 0 Å². The van der Waals surface area contributed by atoms with E-state index in [0.29, 0.717) is 11.3 Å². The Balaban J connectivity index is 2.30. The molecule has 2 N–H and O–H groups in total. The highest BCUT2D eigenvalue weighted by Gasteiger charge is 2.11. The topological polar surface area (TPSA) is 62.0 Å². The van der Waals surface area contributed by atoms with Crippen LogP contribution >= 0.6 is 0 Å². The molecule has 1 amide bonds. The van der Waals surface area contributed by atoms with Crippen LogP contribution in [-0.2, 0) is 0 Å². The van der Waals surface area contributed by atoms with Gasteiger partial charge >= 0.3 is 0 Å². The van der Waals surface area contributed by atoms with Crippen molar-refractivity contribution in [3.05, 3.63) is 63.8 Å². The summed E-state index contributed by atoms with van der Waals surface area (Å²) in [6, 6.07) is 5.63. The average Bonchev–Trinajstić information content (AvgIpc) is 2.35. The fourth-order valence-electron chi connectivity index (χ4n) is 1.53. The molecule has 0 spiro atoms. The Bertz CT molecular complexity index is 649. The minimum Gasteiger partial charge on any atom is -0.367 e. The molecule has 0 atom stereocenters. The summed E-state index contributed by atoms with van der Waals surface area (Å²) in [7, 11) is 0. The smallest absolute Gasteiger partial charge is 0.261 e. The number of amides is 1. The Morgan fingerprint density at radius 3 is 2.83 bits per heavy atom. The van der Waals surface area contributed by atoms with Crippen molar-refractivity contribution in [3.63, 3.8) is 0 Å². The van der Waals surface area contributed by atoms with Crippen LogP contribution in [0.3, 0.4) is 0 Å². The number of aromatic amines is 1. The molecule has 5 heteroatoms. The first kappa shape index (κ1) is 12.0. The summed E-state index contributed by atoms with van der Waals surface area (Å²) in [5.41, 5.74) is 0.280. The molecule has 0 radical (unpaired) electrons. The van der Waals surface area contributed by atoms with Crippen molar-refractivity contribution in [2.45, 2.75) is 6.92 Å². The number of benzene rings is 1. The molecular formula is C13H11FN2O2. The lowest BCUT2D eigenvalue weighted by Gasteiger charge is -2.08. The van der Waals surface area contributed by atoms with E-state index in [4.69, 9.17) is 0 Å². The van der Waals surface area contributed by atoms with Crippen LogP contribution < -0.4 is 10.7 Å². The van der Waals surface area contributed by atoms with Crippen LogP contribution in [0, 0.1) is 12.7 Å². The van der Waals surface area contributed by atoms with E-state index >= 15 is 0 Å². The highest BCUT2D eigenvalue weighted by molar-refractivity contribution is 6.04. The minimum absolute atomic E-state index is 0.0128. The fraction of sp³-hybridized carbons (Fsp3) is 0.0769. The van der Waals surface area contributed by atoms with Gasteiger partial charge in [0, 0.05) is 29.7 Å². The molecular weight excluding hydrogens is 235 g/mol. The zero-order valence-electron chi connectivity index (χ0n) is 9.66. The number of anilines is 1. The zero-order valence-corrected chi connectivity index (χ0v) is 9.66. The summed E-state index contributed by atoms with van der Waals surface area (Å²) in [4.78, 5) is 26.0. The Kier molecular flexibility index (Phi) is 3.23. The van der Waals surface area contributed by atoms with Gasteiger partial charge in [0.25, 0.3) is 5.91 Å². The molecule has 0 aliphatic rings. The lowest BCUT2D eigenvalue weighted by Crippen LogP contribution is -2.21. The summed E-state index contributed by atoms with van der Waals surface area (Å²) in [5, 5.41) is 2.51. The predicted molar refractivity (Wildman–Crippen MR) is 66.2 cm³/mol. The summed E-state index contributed by atoms with van der Waals surface area (Å²) < 4.78 is 13.3. The van der Waals surface area contributed by atoms with E-state index in [1.165, 1.54) is 30.6 Å². The number of carbonyl (C=O) groups excluding carboxylic acids is 1. The molecule has 0 fully saturated rings. The van der Waals surface area contributed by atoms with Gasteiger partial charge in [-0.15, -0.1) is 0 Å². The molecule has 18 heavy (non-hydrogen) atoms. The van der Waals surface area contributed by atoms with E-state index in [0.717, 1.165) is 0 Å². The third kappa shape index (κ3) is 2.29. The van der Waals surface area contributed by atoms with Gasteiger partial charge in [0.15, 0.2) is 5.43 Å². The molecule has 0 saturated heterocycles. The van der Waals surface area contributed by atoms with E-state index in [9.17, 15) is 14.0 Å². The van der Waals surface area contributed by atoms with Crippen LogP contribution in [0.1, 0.15) is 15.9 Å². The molecule has 1 aromatic heterocycles. The highest BCUT2D eigenvalue weighted by Crippen LogP contribution is 2.17. The number of H-pyrrole nitrogens is 1. The highest BCUT2D eigenvalue weighted by atomic mass is 19.1. The molecule has 0 saturated carbocycles. The Hall–Kier alpha value is -2.43.